The Balaban J connectivity index is 1.59. The summed E-state index contributed by atoms with van der Waals surface area (Å²) in [6.07, 6.45) is 2.56. The van der Waals surface area contributed by atoms with Crippen LogP contribution in [0.5, 0.6) is 0 Å². The third-order valence-electron chi connectivity index (χ3n) is 4.86. The summed E-state index contributed by atoms with van der Waals surface area (Å²) in [5.41, 5.74) is 3.46. The van der Waals surface area contributed by atoms with Gasteiger partial charge in [-0.05, 0) is 54.0 Å². The predicted molar refractivity (Wildman–Crippen MR) is 128 cm³/mol. The molecule has 0 saturated carbocycles. The van der Waals surface area contributed by atoms with Gasteiger partial charge in [0.25, 0.3) is 5.91 Å². The Labute approximate surface area is 192 Å². The number of amides is 3. The van der Waals surface area contributed by atoms with E-state index in [-0.39, 0.29) is 18.0 Å². The van der Waals surface area contributed by atoms with E-state index in [0.29, 0.717) is 17.8 Å². The number of hydrogen-bond acceptors (Lipinski definition) is 3. The Morgan fingerprint density at radius 3 is 2.45 bits per heavy atom. The molecule has 0 heterocycles. The lowest BCUT2D eigenvalue weighted by Gasteiger charge is -2.15. The zero-order valence-corrected chi connectivity index (χ0v) is 18.1. The van der Waals surface area contributed by atoms with Crippen molar-refractivity contribution in [3.63, 3.8) is 0 Å². The molecule has 33 heavy (non-hydrogen) atoms. The van der Waals surface area contributed by atoms with Crippen LogP contribution in [0.25, 0.3) is 6.08 Å². The van der Waals surface area contributed by atoms with Crippen molar-refractivity contribution >= 4 is 29.7 Å². The molecule has 0 aliphatic carbocycles. The lowest BCUT2D eigenvalue weighted by molar-refractivity contribution is -0.131. The quantitative estimate of drug-likeness (QED) is 0.382. The number of benzene rings is 3. The van der Waals surface area contributed by atoms with Gasteiger partial charge in [-0.15, -0.1) is 0 Å². The second-order valence-corrected chi connectivity index (χ2v) is 7.41. The molecule has 7 heteroatoms. The van der Waals surface area contributed by atoms with E-state index in [1.54, 1.807) is 36.4 Å². The van der Waals surface area contributed by atoms with Gasteiger partial charge in [0.15, 0.2) is 0 Å². The first kappa shape index (κ1) is 23.3. The highest BCUT2D eigenvalue weighted by Gasteiger charge is 2.13. The first-order valence-corrected chi connectivity index (χ1v) is 10.4. The minimum atomic E-state index is -1.02. The molecule has 1 unspecified atom stereocenters. The van der Waals surface area contributed by atoms with E-state index in [1.807, 2.05) is 49.4 Å². The van der Waals surface area contributed by atoms with Crippen LogP contribution in [0.1, 0.15) is 40.0 Å². The lowest BCUT2D eigenvalue weighted by atomic mass is 10.0. The van der Waals surface area contributed by atoms with Crippen molar-refractivity contribution in [2.24, 2.45) is 0 Å². The smallest absolute Gasteiger partial charge is 0.328 e. The van der Waals surface area contributed by atoms with Crippen LogP contribution in [0.15, 0.2) is 84.9 Å². The van der Waals surface area contributed by atoms with Crippen LogP contribution >= 0.6 is 0 Å². The molecule has 3 aromatic rings. The zero-order valence-electron chi connectivity index (χ0n) is 18.1. The maximum atomic E-state index is 12.7. The Morgan fingerprint density at radius 2 is 1.70 bits per heavy atom. The van der Waals surface area contributed by atoms with Crippen LogP contribution < -0.4 is 16.0 Å². The van der Waals surface area contributed by atoms with Gasteiger partial charge < -0.3 is 21.1 Å². The standard InChI is InChI=1S/C26H25N3O4/c1-18(21-10-5-9-19(15-21)13-14-24(30)31)28-25(32)22-11-6-12-23(16-22)29-26(33)27-17-20-7-3-2-4-8-20/h2-16,18H,17H2,1H3,(H,28,32)(H,30,31)(H2,27,29,33). The predicted octanol–water partition coefficient (Wildman–Crippen LogP) is 4.60. The van der Waals surface area contributed by atoms with Crippen molar-refractivity contribution in [1.82, 2.24) is 10.6 Å². The number of rotatable bonds is 8. The molecule has 1 atom stereocenters. The average Bonchev–Trinajstić information content (AvgIpc) is 2.82. The number of aliphatic carboxylic acids is 1. The third kappa shape index (κ3) is 7.36. The van der Waals surface area contributed by atoms with Crippen LogP contribution in [-0.2, 0) is 11.3 Å². The van der Waals surface area contributed by atoms with Crippen LogP contribution in [0.4, 0.5) is 10.5 Å². The number of carbonyl (C=O) groups excluding carboxylic acids is 2. The van der Waals surface area contributed by atoms with E-state index in [0.717, 1.165) is 22.8 Å². The molecule has 3 rings (SSSR count). The van der Waals surface area contributed by atoms with Gasteiger partial charge in [-0.3, -0.25) is 4.79 Å². The Hall–Kier alpha value is -4.39. The number of carboxylic acids is 1. The largest absolute Gasteiger partial charge is 0.478 e. The second kappa shape index (κ2) is 11.3. The molecule has 3 amide bonds. The number of carboxylic acid groups (broad SMARTS) is 1. The molecule has 4 N–H and O–H groups in total. The van der Waals surface area contributed by atoms with E-state index in [4.69, 9.17) is 5.11 Å². The lowest BCUT2D eigenvalue weighted by Crippen LogP contribution is -2.29. The van der Waals surface area contributed by atoms with Gasteiger partial charge in [-0.25, -0.2) is 9.59 Å². The van der Waals surface area contributed by atoms with Gasteiger partial charge in [-0.1, -0.05) is 54.6 Å². The monoisotopic (exact) mass is 443 g/mol. The Morgan fingerprint density at radius 1 is 0.939 bits per heavy atom. The molecule has 0 bridgehead atoms. The van der Waals surface area contributed by atoms with Gasteiger partial charge in [0.05, 0.1) is 6.04 Å². The summed E-state index contributed by atoms with van der Waals surface area (Å²) in [5, 5.41) is 17.2. The summed E-state index contributed by atoms with van der Waals surface area (Å²) in [6, 6.07) is 22.8. The van der Waals surface area contributed by atoms with E-state index in [2.05, 4.69) is 16.0 Å². The zero-order chi connectivity index (χ0) is 23.6. The Bertz CT molecular complexity index is 1160. The molecule has 0 aliphatic rings. The topological polar surface area (TPSA) is 108 Å². The van der Waals surface area contributed by atoms with Crippen molar-refractivity contribution in [3.05, 3.63) is 107 Å². The van der Waals surface area contributed by atoms with E-state index < -0.39 is 5.97 Å². The van der Waals surface area contributed by atoms with E-state index in [9.17, 15) is 14.4 Å². The van der Waals surface area contributed by atoms with Gasteiger partial charge in [0, 0.05) is 23.9 Å². The number of anilines is 1. The average molecular weight is 444 g/mol. The molecule has 7 nitrogen and oxygen atoms in total. The van der Waals surface area contributed by atoms with Gasteiger partial charge in [-0.2, -0.15) is 0 Å². The molecule has 0 fully saturated rings. The van der Waals surface area contributed by atoms with Gasteiger partial charge in [0.1, 0.15) is 0 Å². The SMILES string of the molecule is CC(NC(=O)c1cccc(NC(=O)NCc2ccccc2)c1)c1cccc(C=CC(=O)O)c1. The van der Waals surface area contributed by atoms with Gasteiger partial charge in [0.2, 0.25) is 0 Å². The fourth-order valence-corrected chi connectivity index (χ4v) is 3.15. The molecule has 168 valence electrons. The van der Waals surface area contributed by atoms with Crippen molar-refractivity contribution in [1.29, 1.82) is 0 Å². The summed E-state index contributed by atoms with van der Waals surface area (Å²) < 4.78 is 0. The summed E-state index contributed by atoms with van der Waals surface area (Å²) in [7, 11) is 0. The van der Waals surface area contributed by atoms with Crippen molar-refractivity contribution in [2.75, 3.05) is 5.32 Å². The van der Waals surface area contributed by atoms with Crippen molar-refractivity contribution in [2.45, 2.75) is 19.5 Å². The molecular formula is C26H25N3O4. The van der Waals surface area contributed by atoms with Crippen LogP contribution in [0.2, 0.25) is 0 Å². The first-order valence-electron chi connectivity index (χ1n) is 10.4. The van der Waals surface area contributed by atoms with Crippen molar-refractivity contribution < 1.29 is 19.5 Å². The summed E-state index contributed by atoms with van der Waals surface area (Å²) >= 11 is 0. The third-order valence-corrected chi connectivity index (χ3v) is 4.86. The number of carbonyl (C=O) groups is 3. The molecule has 3 aromatic carbocycles. The van der Waals surface area contributed by atoms with Crippen molar-refractivity contribution in [3.8, 4) is 0 Å². The highest BCUT2D eigenvalue weighted by Crippen LogP contribution is 2.17. The Kier molecular flexibility index (Phi) is 7.96. The molecule has 0 spiro atoms. The molecular weight excluding hydrogens is 418 g/mol. The summed E-state index contributed by atoms with van der Waals surface area (Å²) in [5.74, 6) is -1.31. The maximum Gasteiger partial charge on any atom is 0.328 e. The molecule has 0 aromatic heterocycles. The minimum Gasteiger partial charge on any atom is -0.478 e. The fraction of sp³-hybridized carbons (Fsp3) is 0.115. The van der Waals surface area contributed by atoms with Crippen LogP contribution in [-0.4, -0.2) is 23.0 Å². The van der Waals surface area contributed by atoms with Crippen LogP contribution in [0.3, 0.4) is 0 Å². The van der Waals surface area contributed by atoms with Gasteiger partial charge >= 0.3 is 12.0 Å². The highest BCUT2D eigenvalue weighted by atomic mass is 16.4. The molecule has 0 saturated heterocycles. The molecule has 0 aliphatic heterocycles. The normalized spacial score (nSPS) is 11.5. The first-order chi connectivity index (χ1) is 15.9. The fourth-order valence-electron chi connectivity index (χ4n) is 3.15. The maximum absolute atomic E-state index is 12.7. The number of hydrogen-bond donors (Lipinski definition) is 4. The van der Waals surface area contributed by atoms with E-state index >= 15 is 0 Å². The second-order valence-electron chi connectivity index (χ2n) is 7.41. The summed E-state index contributed by atoms with van der Waals surface area (Å²) in [6.45, 7) is 2.24. The highest BCUT2D eigenvalue weighted by molar-refractivity contribution is 5.97. The minimum absolute atomic E-state index is 0.290. The molecule has 0 radical (unpaired) electrons. The van der Waals surface area contributed by atoms with E-state index in [1.165, 1.54) is 6.08 Å². The van der Waals surface area contributed by atoms with Crippen LogP contribution in [0, 0.1) is 0 Å². The number of urea groups is 1. The summed E-state index contributed by atoms with van der Waals surface area (Å²) in [4.78, 5) is 35.7. The number of nitrogens with one attached hydrogen (secondary N) is 3.